The van der Waals surface area contributed by atoms with E-state index >= 15 is 0 Å². The predicted octanol–water partition coefficient (Wildman–Crippen LogP) is 3.37. The van der Waals surface area contributed by atoms with Crippen LogP contribution in [0.3, 0.4) is 0 Å². The van der Waals surface area contributed by atoms with Crippen LogP contribution in [0.15, 0.2) is 0 Å². The zero-order chi connectivity index (χ0) is 16.6. The summed E-state index contributed by atoms with van der Waals surface area (Å²) in [4.78, 5) is 23.0. The second-order valence-corrected chi connectivity index (χ2v) is 5.60. The summed E-state index contributed by atoms with van der Waals surface area (Å²) in [5.41, 5.74) is 0. The van der Waals surface area contributed by atoms with Crippen LogP contribution >= 0.6 is 0 Å². The van der Waals surface area contributed by atoms with Gasteiger partial charge >= 0.3 is 11.9 Å². The van der Waals surface area contributed by atoms with Crippen LogP contribution in [-0.4, -0.2) is 36.4 Å². The second-order valence-electron chi connectivity index (χ2n) is 5.60. The Hall–Kier alpha value is -1.10. The Morgan fingerprint density at radius 1 is 0.864 bits per heavy atom. The molecule has 130 valence electrons. The van der Waals surface area contributed by atoms with Gasteiger partial charge in [0.15, 0.2) is 6.10 Å². The molecule has 0 rings (SSSR count). The molecule has 0 aromatic heterocycles. The SMILES string of the molecule is CCCCCCCCC(=O)OC(CO)COC(=O)CCCC. The average molecular weight is 316 g/mol. The third-order valence-electron chi connectivity index (χ3n) is 3.40. The number of aliphatic hydroxyl groups excluding tert-OH is 1. The van der Waals surface area contributed by atoms with Gasteiger partial charge in [-0.15, -0.1) is 0 Å². The zero-order valence-corrected chi connectivity index (χ0v) is 14.1. The number of ether oxygens (including phenoxy) is 2. The van der Waals surface area contributed by atoms with E-state index in [2.05, 4.69) is 6.92 Å². The molecule has 0 aliphatic rings. The fourth-order valence-corrected chi connectivity index (χ4v) is 2.00. The lowest BCUT2D eigenvalue weighted by atomic mass is 10.1. The number of esters is 2. The molecule has 0 amide bonds. The maximum atomic E-state index is 11.6. The van der Waals surface area contributed by atoms with Gasteiger partial charge in [-0.3, -0.25) is 9.59 Å². The topological polar surface area (TPSA) is 72.8 Å². The van der Waals surface area contributed by atoms with E-state index in [1.165, 1.54) is 19.3 Å². The smallest absolute Gasteiger partial charge is 0.306 e. The molecular formula is C17H32O5. The van der Waals surface area contributed by atoms with Crippen LogP contribution < -0.4 is 0 Å². The molecule has 1 atom stereocenters. The van der Waals surface area contributed by atoms with Crippen molar-refractivity contribution in [1.29, 1.82) is 0 Å². The Morgan fingerprint density at radius 2 is 1.45 bits per heavy atom. The molecule has 1 unspecified atom stereocenters. The Kier molecular flexibility index (Phi) is 14.1. The molecule has 0 saturated heterocycles. The first-order chi connectivity index (χ1) is 10.6. The van der Waals surface area contributed by atoms with Crippen LogP contribution in [0.5, 0.6) is 0 Å². The minimum Gasteiger partial charge on any atom is -0.462 e. The molecule has 0 fully saturated rings. The molecule has 22 heavy (non-hydrogen) atoms. The van der Waals surface area contributed by atoms with Gasteiger partial charge in [-0.1, -0.05) is 52.4 Å². The monoisotopic (exact) mass is 316 g/mol. The largest absolute Gasteiger partial charge is 0.462 e. The van der Waals surface area contributed by atoms with Gasteiger partial charge in [0.05, 0.1) is 6.61 Å². The van der Waals surface area contributed by atoms with Crippen molar-refractivity contribution in [3.63, 3.8) is 0 Å². The molecular weight excluding hydrogens is 284 g/mol. The van der Waals surface area contributed by atoms with Crippen LogP contribution in [0, 0.1) is 0 Å². The molecule has 0 spiro atoms. The van der Waals surface area contributed by atoms with Crippen molar-refractivity contribution < 1.29 is 24.2 Å². The second kappa shape index (κ2) is 14.8. The molecule has 0 radical (unpaired) electrons. The molecule has 0 bridgehead atoms. The number of unbranched alkanes of at least 4 members (excludes halogenated alkanes) is 6. The zero-order valence-electron chi connectivity index (χ0n) is 14.1. The first-order valence-corrected chi connectivity index (χ1v) is 8.59. The Bertz CT molecular complexity index is 291. The molecule has 0 aromatic carbocycles. The maximum absolute atomic E-state index is 11.6. The minimum absolute atomic E-state index is 0.0682. The van der Waals surface area contributed by atoms with Crippen LogP contribution in [0.1, 0.15) is 78.1 Å². The summed E-state index contributed by atoms with van der Waals surface area (Å²) in [6, 6.07) is 0. The van der Waals surface area contributed by atoms with Crippen LogP contribution in [0.4, 0.5) is 0 Å². The number of carbonyl (C=O) groups excluding carboxylic acids is 2. The van der Waals surface area contributed by atoms with E-state index in [4.69, 9.17) is 14.6 Å². The molecule has 0 saturated carbocycles. The van der Waals surface area contributed by atoms with Gasteiger partial charge in [0.2, 0.25) is 0 Å². The number of carbonyl (C=O) groups is 2. The number of aliphatic hydroxyl groups is 1. The highest BCUT2D eigenvalue weighted by molar-refractivity contribution is 5.70. The maximum Gasteiger partial charge on any atom is 0.306 e. The van der Waals surface area contributed by atoms with E-state index in [0.717, 1.165) is 32.1 Å². The molecule has 0 aliphatic carbocycles. The highest BCUT2D eigenvalue weighted by Crippen LogP contribution is 2.08. The van der Waals surface area contributed by atoms with Crippen molar-refractivity contribution in [1.82, 2.24) is 0 Å². The standard InChI is InChI=1S/C17H32O5/c1-3-5-7-8-9-10-12-17(20)22-15(13-18)14-21-16(19)11-6-4-2/h15,18H,3-14H2,1-2H3. The number of hydrogen-bond acceptors (Lipinski definition) is 5. The Morgan fingerprint density at radius 3 is 2.09 bits per heavy atom. The van der Waals surface area contributed by atoms with Crippen molar-refractivity contribution in [3.05, 3.63) is 0 Å². The first-order valence-electron chi connectivity index (χ1n) is 8.59. The van der Waals surface area contributed by atoms with Gasteiger partial charge < -0.3 is 14.6 Å². The Labute approximate surface area is 134 Å². The van der Waals surface area contributed by atoms with Crippen molar-refractivity contribution in [3.8, 4) is 0 Å². The molecule has 0 aliphatic heterocycles. The van der Waals surface area contributed by atoms with Crippen LogP contribution in [0.2, 0.25) is 0 Å². The van der Waals surface area contributed by atoms with Crippen molar-refractivity contribution in [2.24, 2.45) is 0 Å². The molecule has 0 aromatic rings. The van der Waals surface area contributed by atoms with Gasteiger partial charge in [-0.25, -0.2) is 0 Å². The van der Waals surface area contributed by atoms with Crippen molar-refractivity contribution >= 4 is 11.9 Å². The Balaban J connectivity index is 3.72. The third-order valence-corrected chi connectivity index (χ3v) is 3.40. The highest BCUT2D eigenvalue weighted by Gasteiger charge is 2.15. The fraction of sp³-hybridized carbons (Fsp3) is 0.882. The summed E-state index contributed by atoms with van der Waals surface area (Å²) in [5.74, 6) is -0.647. The van der Waals surface area contributed by atoms with Crippen LogP contribution in [-0.2, 0) is 19.1 Å². The summed E-state index contributed by atoms with van der Waals surface area (Å²) >= 11 is 0. The van der Waals surface area contributed by atoms with E-state index < -0.39 is 6.10 Å². The molecule has 5 nitrogen and oxygen atoms in total. The fourth-order valence-electron chi connectivity index (χ4n) is 2.00. The predicted molar refractivity (Wildman–Crippen MR) is 85.4 cm³/mol. The van der Waals surface area contributed by atoms with Gasteiger partial charge in [-0.05, 0) is 12.8 Å². The van der Waals surface area contributed by atoms with Crippen molar-refractivity contribution in [2.45, 2.75) is 84.2 Å². The molecule has 5 heteroatoms. The van der Waals surface area contributed by atoms with E-state index in [1.807, 2.05) is 6.92 Å². The summed E-state index contributed by atoms with van der Waals surface area (Å²) in [7, 11) is 0. The molecule has 0 heterocycles. The third kappa shape index (κ3) is 12.6. The van der Waals surface area contributed by atoms with Crippen LogP contribution in [0.25, 0.3) is 0 Å². The van der Waals surface area contributed by atoms with Crippen molar-refractivity contribution in [2.75, 3.05) is 13.2 Å². The first kappa shape index (κ1) is 20.9. The van der Waals surface area contributed by atoms with Gasteiger partial charge in [0.1, 0.15) is 6.61 Å². The average Bonchev–Trinajstić information content (AvgIpc) is 2.52. The van der Waals surface area contributed by atoms with E-state index in [0.29, 0.717) is 12.8 Å². The quantitative estimate of drug-likeness (QED) is 0.393. The summed E-state index contributed by atoms with van der Waals surface area (Å²) in [6.45, 7) is 3.76. The molecule has 1 N–H and O–H groups in total. The lowest BCUT2D eigenvalue weighted by molar-refractivity contribution is -0.161. The van der Waals surface area contributed by atoms with E-state index in [9.17, 15) is 9.59 Å². The lowest BCUT2D eigenvalue weighted by Gasteiger charge is -2.15. The summed E-state index contributed by atoms with van der Waals surface area (Å²) in [5, 5.41) is 9.16. The van der Waals surface area contributed by atoms with E-state index in [-0.39, 0.29) is 25.2 Å². The van der Waals surface area contributed by atoms with Gasteiger partial charge in [-0.2, -0.15) is 0 Å². The van der Waals surface area contributed by atoms with Gasteiger partial charge in [0.25, 0.3) is 0 Å². The summed E-state index contributed by atoms with van der Waals surface area (Å²) < 4.78 is 10.1. The van der Waals surface area contributed by atoms with Gasteiger partial charge in [0, 0.05) is 12.8 Å². The normalized spacial score (nSPS) is 12.0. The number of hydrogen-bond donors (Lipinski definition) is 1. The lowest BCUT2D eigenvalue weighted by Crippen LogP contribution is -2.28. The summed E-state index contributed by atoms with van der Waals surface area (Å²) in [6.07, 6.45) is 8.27. The minimum atomic E-state index is -0.752. The highest BCUT2D eigenvalue weighted by atomic mass is 16.6. The number of rotatable bonds is 14. The van der Waals surface area contributed by atoms with E-state index in [1.54, 1.807) is 0 Å².